The smallest absolute Gasteiger partial charge is 0.226 e. The van der Waals surface area contributed by atoms with E-state index in [0.717, 1.165) is 30.7 Å². The molecule has 2 fully saturated rings. The number of piperidine rings is 1. The van der Waals surface area contributed by atoms with Crippen molar-refractivity contribution in [3.05, 3.63) is 41.6 Å². The molecule has 0 bridgehead atoms. The van der Waals surface area contributed by atoms with Crippen LogP contribution in [-0.4, -0.2) is 27.8 Å². The molecule has 4 aliphatic rings. The topological polar surface area (TPSA) is 46.1 Å². The molecule has 1 aromatic heterocycles. The Kier molecular flexibility index (Phi) is 3.88. The number of amides is 1. The summed E-state index contributed by atoms with van der Waals surface area (Å²) < 4.78 is 0. The predicted octanol–water partition coefficient (Wildman–Crippen LogP) is 4.77. The standard InChI is InChI=1S/C24H31N3O/c1-15-13-25-14-20(26-15)19-7-6-17-16-5-8-21-24(3,12-10-22(28)27(21)4)18(16)9-11-23(17,19)2/h7-8,13-14,16-18H,5-6,9-12H2,1-4H3/t16-,17-,18-,23-,24+/m0/s1. The van der Waals surface area contributed by atoms with Crippen LogP contribution in [0.15, 0.2) is 30.2 Å². The number of allylic oxidation sites excluding steroid dienone is 4. The van der Waals surface area contributed by atoms with Gasteiger partial charge in [0.1, 0.15) is 0 Å². The Balaban J connectivity index is 1.49. The lowest BCUT2D eigenvalue weighted by Crippen LogP contribution is -2.53. The van der Waals surface area contributed by atoms with Crippen LogP contribution in [0.5, 0.6) is 0 Å². The van der Waals surface area contributed by atoms with Crippen molar-refractivity contribution in [1.82, 2.24) is 14.9 Å². The van der Waals surface area contributed by atoms with Crippen LogP contribution in [0.3, 0.4) is 0 Å². The van der Waals surface area contributed by atoms with Crippen LogP contribution in [0.25, 0.3) is 5.57 Å². The number of likely N-dealkylation sites (tertiary alicyclic amines) is 1. The zero-order chi connectivity index (χ0) is 19.7. The Labute approximate surface area is 168 Å². The van der Waals surface area contributed by atoms with E-state index in [2.05, 4.69) is 31.0 Å². The van der Waals surface area contributed by atoms with E-state index in [-0.39, 0.29) is 16.7 Å². The van der Waals surface area contributed by atoms with E-state index in [9.17, 15) is 4.79 Å². The molecule has 0 radical (unpaired) electrons. The summed E-state index contributed by atoms with van der Waals surface area (Å²) in [7, 11) is 1.98. The molecule has 1 aromatic rings. The van der Waals surface area contributed by atoms with Gasteiger partial charge in [-0.3, -0.25) is 14.8 Å². The van der Waals surface area contributed by atoms with E-state index >= 15 is 0 Å². The lowest BCUT2D eigenvalue weighted by atomic mass is 9.49. The van der Waals surface area contributed by atoms with Crippen molar-refractivity contribution >= 4 is 11.5 Å². The van der Waals surface area contributed by atoms with Crippen molar-refractivity contribution in [3.8, 4) is 0 Å². The fourth-order valence-corrected chi connectivity index (χ4v) is 7.14. The molecular formula is C24H31N3O. The largest absolute Gasteiger partial charge is 0.319 e. The monoisotopic (exact) mass is 377 g/mol. The SMILES string of the molecule is Cc1cncc(C2=CC[C@H]3[C@@H]4CC=C5N(C)C(=O)CC[C@]5(C)[C@H]4CC[C@]23C)n1. The minimum atomic E-state index is 0.152. The van der Waals surface area contributed by atoms with Gasteiger partial charge in [0.2, 0.25) is 5.91 Å². The van der Waals surface area contributed by atoms with E-state index in [1.807, 2.05) is 31.3 Å². The Morgan fingerprint density at radius 2 is 1.89 bits per heavy atom. The maximum atomic E-state index is 12.3. The van der Waals surface area contributed by atoms with Gasteiger partial charge in [-0.2, -0.15) is 0 Å². The van der Waals surface area contributed by atoms with Gasteiger partial charge in [0.15, 0.2) is 0 Å². The maximum Gasteiger partial charge on any atom is 0.226 e. The first-order chi connectivity index (χ1) is 13.3. The number of carbonyl (C=O) groups excluding carboxylic acids is 1. The van der Waals surface area contributed by atoms with E-state index < -0.39 is 0 Å². The lowest BCUT2D eigenvalue weighted by Gasteiger charge is -2.58. The fourth-order valence-electron chi connectivity index (χ4n) is 7.14. The third-order valence-electron chi connectivity index (χ3n) is 8.63. The quantitative estimate of drug-likeness (QED) is 0.708. The second kappa shape index (κ2) is 6.01. The molecule has 0 spiro atoms. The zero-order valence-corrected chi connectivity index (χ0v) is 17.5. The summed E-state index contributed by atoms with van der Waals surface area (Å²) in [6.07, 6.45) is 15.0. The molecule has 148 valence electrons. The van der Waals surface area contributed by atoms with E-state index in [0.29, 0.717) is 24.2 Å². The fraction of sp³-hybridized carbons (Fsp3) is 0.625. The molecular weight excluding hydrogens is 346 g/mol. The second-order valence-electron chi connectivity index (χ2n) is 9.93. The first-order valence-corrected chi connectivity index (χ1v) is 10.8. The van der Waals surface area contributed by atoms with Gasteiger partial charge < -0.3 is 4.90 Å². The van der Waals surface area contributed by atoms with Crippen molar-refractivity contribution < 1.29 is 4.79 Å². The Bertz CT molecular complexity index is 903. The van der Waals surface area contributed by atoms with Gasteiger partial charge in [0.25, 0.3) is 0 Å². The highest BCUT2D eigenvalue weighted by Gasteiger charge is 2.57. The van der Waals surface area contributed by atoms with E-state index in [4.69, 9.17) is 4.98 Å². The molecule has 5 atom stereocenters. The van der Waals surface area contributed by atoms with Crippen LogP contribution in [0, 0.1) is 35.5 Å². The summed E-state index contributed by atoms with van der Waals surface area (Å²) >= 11 is 0. The molecule has 0 aromatic carbocycles. The average Bonchev–Trinajstić information content (AvgIpc) is 3.02. The summed E-state index contributed by atoms with van der Waals surface area (Å²) in [5, 5.41) is 0. The van der Waals surface area contributed by atoms with Crippen molar-refractivity contribution in [1.29, 1.82) is 0 Å². The predicted molar refractivity (Wildman–Crippen MR) is 110 cm³/mol. The number of aryl methyl sites for hydroxylation is 1. The minimum Gasteiger partial charge on any atom is -0.319 e. The van der Waals surface area contributed by atoms with E-state index in [1.165, 1.54) is 24.1 Å². The second-order valence-corrected chi connectivity index (χ2v) is 9.93. The van der Waals surface area contributed by atoms with Crippen molar-refractivity contribution in [2.45, 2.75) is 59.3 Å². The molecule has 4 heteroatoms. The summed E-state index contributed by atoms with van der Waals surface area (Å²) in [5.74, 6) is 2.32. The van der Waals surface area contributed by atoms with Gasteiger partial charge in [0.05, 0.1) is 17.6 Å². The number of nitrogens with zero attached hydrogens (tertiary/aromatic N) is 3. The van der Waals surface area contributed by atoms with Crippen LogP contribution < -0.4 is 0 Å². The minimum absolute atomic E-state index is 0.152. The van der Waals surface area contributed by atoms with Gasteiger partial charge >= 0.3 is 0 Å². The Morgan fingerprint density at radius 3 is 2.68 bits per heavy atom. The molecule has 4 nitrogen and oxygen atoms in total. The van der Waals surface area contributed by atoms with Crippen molar-refractivity contribution in [2.24, 2.45) is 28.6 Å². The molecule has 0 unspecified atom stereocenters. The summed E-state index contributed by atoms with van der Waals surface area (Å²) in [6.45, 7) is 6.92. The van der Waals surface area contributed by atoms with Crippen LogP contribution >= 0.6 is 0 Å². The molecule has 1 amide bonds. The third-order valence-corrected chi connectivity index (χ3v) is 8.63. The van der Waals surface area contributed by atoms with Crippen molar-refractivity contribution in [2.75, 3.05) is 7.05 Å². The number of rotatable bonds is 1. The molecule has 5 rings (SSSR count). The Hall–Kier alpha value is -1.97. The maximum absolute atomic E-state index is 12.3. The normalized spacial score (nSPS) is 39.6. The van der Waals surface area contributed by atoms with Gasteiger partial charge in [-0.25, -0.2) is 0 Å². The summed E-state index contributed by atoms with van der Waals surface area (Å²) in [6, 6.07) is 0. The number of hydrogen-bond acceptors (Lipinski definition) is 3. The van der Waals surface area contributed by atoms with Gasteiger partial charge in [-0.15, -0.1) is 0 Å². The highest BCUT2D eigenvalue weighted by Crippen LogP contribution is 2.65. The van der Waals surface area contributed by atoms with E-state index in [1.54, 1.807) is 0 Å². The molecule has 28 heavy (non-hydrogen) atoms. The number of carbonyl (C=O) groups is 1. The molecule has 3 aliphatic carbocycles. The molecule has 1 saturated carbocycles. The number of aromatic nitrogens is 2. The van der Waals surface area contributed by atoms with Crippen LogP contribution in [-0.2, 0) is 4.79 Å². The highest BCUT2D eigenvalue weighted by molar-refractivity contribution is 5.79. The van der Waals surface area contributed by atoms with Gasteiger partial charge in [-0.05, 0) is 67.8 Å². The molecule has 1 saturated heterocycles. The lowest BCUT2D eigenvalue weighted by molar-refractivity contribution is -0.135. The number of hydrogen-bond donors (Lipinski definition) is 0. The third kappa shape index (κ3) is 2.33. The van der Waals surface area contributed by atoms with Gasteiger partial charge in [-0.1, -0.05) is 26.0 Å². The van der Waals surface area contributed by atoms with Crippen molar-refractivity contribution in [3.63, 3.8) is 0 Å². The average molecular weight is 378 g/mol. The van der Waals surface area contributed by atoms with Crippen LogP contribution in [0.2, 0.25) is 0 Å². The molecule has 2 heterocycles. The highest BCUT2D eigenvalue weighted by atomic mass is 16.2. The number of fused-ring (bicyclic) bond motifs is 5. The first-order valence-electron chi connectivity index (χ1n) is 10.8. The molecule has 0 N–H and O–H groups in total. The van der Waals surface area contributed by atoms with Crippen LogP contribution in [0.1, 0.15) is 63.8 Å². The van der Waals surface area contributed by atoms with Crippen LogP contribution in [0.4, 0.5) is 0 Å². The molecule has 1 aliphatic heterocycles. The van der Waals surface area contributed by atoms with Gasteiger partial charge in [0, 0.05) is 30.8 Å². The Morgan fingerprint density at radius 1 is 1.07 bits per heavy atom. The summed E-state index contributed by atoms with van der Waals surface area (Å²) in [4.78, 5) is 23.4. The zero-order valence-electron chi connectivity index (χ0n) is 17.5. The summed E-state index contributed by atoms with van der Waals surface area (Å²) in [5.41, 5.74) is 5.13. The first kappa shape index (κ1) is 18.1.